The zero-order chi connectivity index (χ0) is 12.3. The lowest BCUT2D eigenvalue weighted by Crippen LogP contribution is -2.51. The van der Waals surface area contributed by atoms with Gasteiger partial charge in [-0.15, -0.1) is 0 Å². The van der Waals surface area contributed by atoms with Gasteiger partial charge in [0.1, 0.15) is 0 Å². The van der Waals surface area contributed by atoms with Crippen LogP contribution in [0.5, 0.6) is 0 Å². The van der Waals surface area contributed by atoms with Gasteiger partial charge in [-0.2, -0.15) is 0 Å². The molecule has 2 heteroatoms. The molecule has 0 aromatic heterocycles. The van der Waals surface area contributed by atoms with Gasteiger partial charge in [-0.3, -0.25) is 4.90 Å². The van der Waals surface area contributed by atoms with E-state index >= 15 is 0 Å². The van der Waals surface area contributed by atoms with Crippen LogP contribution >= 0.6 is 0 Å². The first-order chi connectivity index (χ1) is 8.16. The standard InChI is InChI=1S/C15H30N2/c1-12(2)10-14(16)11-17-9-5-7-13-6-3-4-8-15(13)17/h12-15H,3-11,16H2,1-2H3/t13-,14-,15-/m1/s1. The minimum absolute atomic E-state index is 0.385. The lowest BCUT2D eigenvalue weighted by Gasteiger charge is -2.45. The van der Waals surface area contributed by atoms with Gasteiger partial charge < -0.3 is 5.73 Å². The Morgan fingerprint density at radius 3 is 2.59 bits per heavy atom. The zero-order valence-electron chi connectivity index (χ0n) is 11.7. The molecule has 1 saturated heterocycles. The molecule has 1 saturated carbocycles. The summed E-state index contributed by atoms with van der Waals surface area (Å²) < 4.78 is 0. The average molecular weight is 238 g/mol. The largest absolute Gasteiger partial charge is 0.327 e. The van der Waals surface area contributed by atoms with Crippen molar-refractivity contribution < 1.29 is 0 Å². The number of nitrogens with two attached hydrogens (primary N) is 1. The Morgan fingerprint density at radius 2 is 1.82 bits per heavy atom. The van der Waals surface area contributed by atoms with Crippen molar-refractivity contribution in [1.82, 2.24) is 4.90 Å². The molecule has 2 fully saturated rings. The fourth-order valence-electron chi connectivity index (χ4n) is 3.94. The van der Waals surface area contributed by atoms with E-state index in [2.05, 4.69) is 18.7 Å². The van der Waals surface area contributed by atoms with Gasteiger partial charge in [0, 0.05) is 18.6 Å². The topological polar surface area (TPSA) is 29.3 Å². The molecule has 17 heavy (non-hydrogen) atoms. The number of fused-ring (bicyclic) bond motifs is 1. The van der Waals surface area contributed by atoms with Crippen molar-refractivity contribution in [2.24, 2.45) is 17.6 Å². The van der Waals surface area contributed by atoms with E-state index in [1.54, 1.807) is 0 Å². The Hall–Kier alpha value is -0.0800. The fourth-order valence-corrected chi connectivity index (χ4v) is 3.94. The molecule has 1 aliphatic carbocycles. The lowest BCUT2D eigenvalue weighted by atomic mass is 9.78. The number of piperidine rings is 1. The normalized spacial score (nSPS) is 32.5. The van der Waals surface area contributed by atoms with Gasteiger partial charge in [-0.25, -0.2) is 0 Å². The van der Waals surface area contributed by atoms with E-state index in [0.717, 1.165) is 24.4 Å². The minimum Gasteiger partial charge on any atom is -0.327 e. The van der Waals surface area contributed by atoms with Crippen molar-refractivity contribution in [2.45, 2.75) is 70.9 Å². The quantitative estimate of drug-likeness (QED) is 0.816. The SMILES string of the molecule is CC(C)C[C@@H](N)CN1CCC[C@H]2CCCC[C@H]21. The molecular formula is C15H30N2. The summed E-state index contributed by atoms with van der Waals surface area (Å²) in [6, 6.07) is 1.26. The molecule has 2 N–H and O–H groups in total. The van der Waals surface area contributed by atoms with E-state index in [0.29, 0.717) is 6.04 Å². The first-order valence-corrected chi connectivity index (χ1v) is 7.66. The van der Waals surface area contributed by atoms with Gasteiger partial charge in [-0.1, -0.05) is 26.7 Å². The highest BCUT2D eigenvalue weighted by atomic mass is 15.2. The third kappa shape index (κ3) is 3.69. The van der Waals surface area contributed by atoms with E-state index in [1.807, 2.05) is 0 Å². The van der Waals surface area contributed by atoms with Crippen molar-refractivity contribution in [2.75, 3.05) is 13.1 Å². The number of hydrogen-bond donors (Lipinski definition) is 1. The lowest BCUT2D eigenvalue weighted by molar-refractivity contribution is 0.0546. The van der Waals surface area contributed by atoms with Crippen LogP contribution in [0.2, 0.25) is 0 Å². The molecular weight excluding hydrogens is 208 g/mol. The summed E-state index contributed by atoms with van der Waals surface area (Å²) in [5.74, 6) is 1.72. The Labute approximate surface area is 107 Å². The second-order valence-electron chi connectivity index (χ2n) is 6.64. The monoisotopic (exact) mass is 238 g/mol. The van der Waals surface area contributed by atoms with Crippen molar-refractivity contribution in [1.29, 1.82) is 0 Å². The molecule has 1 heterocycles. The molecule has 3 atom stereocenters. The Bertz CT molecular complexity index is 225. The second kappa shape index (κ2) is 6.19. The predicted molar refractivity (Wildman–Crippen MR) is 74.0 cm³/mol. The van der Waals surface area contributed by atoms with Crippen LogP contribution in [0.15, 0.2) is 0 Å². The first kappa shape index (κ1) is 13.4. The summed E-state index contributed by atoms with van der Waals surface area (Å²) in [6.07, 6.45) is 9.85. The van der Waals surface area contributed by atoms with Crippen LogP contribution in [0.3, 0.4) is 0 Å². The smallest absolute Gasteiger partial charge is 0.0170 e. The van der Waals surface area contributed by atoms with Gasteiger partial charge in [-0.05, 0) is 50.5 Å². The van der Waals surface area contributed by atoms with Gasteiger partial charge in [0.25, 0.3) is 0 Å². The third-order valence-corrected chi connectivity index (χ3v) is 4.60. The maximum atomic E-state index is 6.29. The maximum absolute atomic E-state index is 6.29. The number of hydrogen-bond acceptors (Lipinski definition) is 2. The third-order valence-electron chi connectivity index (χ3n) is 4.60. The predicted octanol–water partition coefficient (Wildman–Crippen LogP) is 3.01. The van der Waals surface area contributed by atoms with Gasteiger partial charge in [0.15, 0.2) is 0 Å². The molecule has 2 nitrogen and oxygen atoms in total. The van der Waals surface area contributed by atoms with Crippen LogP contribution in [0.25, 0.3) is 0 Å². The minimum atomic E-state index is 0.385. The number of likely N-dealkylation sites (tertiary alicyclic amines) is 1. The van der Waals surface area contributed by atoms with Crippen LogP contribution in [-0.2, 0) is 0 Å². The highest BCUT2D eigenvalue weighted by Crippen LogP contribution is 2.35. The van der Waals surface area contributed by atoms with E-state index in [4.69, 9.17) is 5.73 Å². The summed E-state index contributed by atoms with van der Waals surface area (Å²) in [4.78, 5) is 2.72. The molecule has 0 amide bonds. The molecule has 0 bridgehead atoms. The van der Waals surface area contributed by atoms with Crippen LogP contribution in [0.1, 0.15) is 58.8 Å². The van der Waals surface area contributed by atoms with Crippen molar-refractivity contribution in [3.05, 3.63) is 0 Å². The van der Waals surface area contributed by atoms with Crippen LogP contribution < -0.4 is 5.73 Å². The Kier molecular flexibility index (Phi) is 4.87. The number of rotatable bonds is 4. The second-order valence-corrected chi connectivity index (χ2v) is 6.64. The van der Waals surface area contributed by atoms with E-state index in [9.17, 15) is 0 Å². The molecule has 1 aliphatic heterocycles. The zero-order valence-corrected chi connectivity index (χ0v) is 11.7. The molecule has 0 radical (unpaired) electrons. The van der Waals surface area contributed by atoms with Crippen molar-refractivity contribution in [3.8, 4) is 0 Å². The van der Waals surface area contributed by atoms with Gasteiger partial charge in [0.05, 0.1) is 0 Å². The Morgan fingerprint density at radius 1 is 1.12 bits per heavy atom. The van der Waals surface area contributed by atoms with Crippen LogP contribution in [0, 0.1) is 11.8 Å². The molecule has 0 unspecified atom stereocenters. The molecule has 100 valence electrons. The summed E-state index contributed by atoms with van der Waals surface area (Å²) >= 11 is 0. The number of nitrogens with zero attached hydrogens (tertiary/aromatic N) is 1. The van der Waals surface area contributed by atoms with Crippen molar-refractivity contribution in [3.63, 3.8) is 0 Å². The van der Waals surface area contributed by atoms with Gasteiger partial charge >= 0.3 is 0 Å². The molecule has 2 rings (SSSR count). The molecule has 0 aromatic rings. The van der Waals surface area contributed by atoms with Crippen molar-refractivity contribution >= 4 is 0 Å². The van der Waals surface area contributed by atoms with Crippen LogP contribution in [-0.4, -0.2) is 30.1 Å². The maximum Gasteiger partial charge on any atom is 0.0170 e. The summed E-state index contributed by atoms with van der Waals surface area (Å²) in [7, 11) is 0. The fraction of sp³-hybridized carbons (Fsp3) is 1.00. The van der Waals surface area contributed by atoms with E-state index in [1.165, 1.54) is 51.5 Å². The summed E-state index contributed by atoms with van der Waals surface area (Å²) in [5, 5.41) is 0. The molecule has 0 spiro atoms. The average Bonchev–Trinajstić information content (AvgIpc) is 2.28. The van der Waals surface area contributed by atoms with Gasteiger partial charge in [0.2, 0.25) is 0 Å². The summed E-state index contributed by atoms with van der Waals surface area (Å²) in [6.45, 7) is 6.99. The van der Waals surface area contributed by atoms with E-state index < -0.39 is 0 Å². The first-order valence-electron chi connectivity index (χ1n) is 7.66. The van der Waals surface area contributed by atoms with Crippen LogP contribution in [0.4, 0.5) is 0 Å². The highest BCUT2D eigenvalue weighted by molar-refractivity contribution is 4.88. The summed E-state index contributed by atoms with van der Waals surface area (Å²) in [5.41, 5.74) is 6.29. The molecule has 2 aliphatic rings. The molecule has 0 aromatic carbocycles. The highest BCUT2D eigenvalue weighted by Gasteiger charge is 2.33. The van der Waals surface area contributed by atoms with E-state index in [-0.39, 0.29) is 0 Å². The Balaban J connectivity index is 1.85.